The van der Waals surface area contributed by atoms with Crippen molar-refractivity contribution >= 4 is 5.78 Å². The average molecular weight is 302 g/mol. The third-order valence-electron chi connectivity index (χ3n) is 8.28. The maximum Gasteiger partial charge on any atom is 0.187 e. The first-order chi connectivity index (χ1) is 10.5. The lowest BCUT2D eigenvalue weighted by Gasteiger charge is -2.57. The van der Waals surface area contributed by atoms with E-state index >= 15 is 0 Å². The fourth-order valence-corrected chi connectivity index (χ4v) is 6.90. The number of aliphatic hydroxyl groups is 1. The second kappa shape index (κ2) is 4.05. The van der Waals surface area contributed by atoms with Crippen LogP contribution in [0.3, 0.4) is 0 Å². The van der Waals surface area contributed by atoms with Crippen molar-refractivity contribution in [1.29, 1.82) is 0 Å². The molecular formula is C19H26O3. The van der Waals surface area contributed by atoms with Crippen LogP contribution in [0.25, 0.3) is 0 Å². The summed E-state index contributed by atoms with van der Waals surface area (Å²) in [4.78, 5) is 12.0. The molecule has 1 N–H and O–H groups in total. The summed E-state index contributed by atoms with van der Waals surface area (Å²) in [6.45, 7) is 4.68. The molecule has 0 amide bonds. The largest absolute Gasteiger partial charge is 0.393 e. The van der Waals surface area contributed by atoms with E-state index in [0.717, 1.165) is 19.3 Å². The minimum atomic E-state index is -0.144. The Hall–Kier alpha value is -0.670. The molecule has 4 aliphatic carbocycles. The molecule has 0 aromatic carbocycles. The first kappa shape index (κ1) is 13.7. The molecule has 1 aliphatic heterocycles. The average Bonchev–Trinajstić information content (AvgIpc) is 3.24. The first-order valence-corrected chi connectivity index (χ1v) is 9.04. The maximum atomic E-state index is 12.0. The molecule has 0 bridgehead atoms. The van der Waals surface area contributed by atoms with Gasteiger partial charge in [0.2, 0.25) is 0 Å². The van der Waals surface area contributed by atoms with Crippen LogP contribution >= 0.6 is 0 Å². The molecule has 1 heterocycles. The zero-order valence-electron chi connectivity index (χ0n) is 13.5. The molecule has 3 saturated carbocycles. The van der Waals surface area contributed by atoms with Gasteiger partial charge in [-0.3, -0.25) is 4.79 Å². The number of carbonyl (C=O) groups excluding carboxylic acids is 1. The molecule has 5 rings (SSSR count). The zero-order valence-corrected chi connectivity index (χ0v) is 13.5. The van der Waals surface area contributed by atoms with Gasteiger partial charge in [-0.2, -0.15) is 0 Å². The van der Waals surface area contributed by atoms with Crippen molar-refractivity contribution in [1.82, 2.24) is 0 Å². The number of carbonyl (C=O) groups is 1. The number of aliphatic hydroxyl groups excluding tert-OH is 1. The molecule has 0 spiro atoms. The van der Waals surface area contributed by atoms with Crippen LogP contribution in [0.1, 0.15) is 52.4 Å². The molecule has 4 fully saturated rings. The molecule has 0 radical (unpaired) electrons. The monoisotopic (exact) mass is 302 g/mol. The van der Waals surface area contributed by atoms with Crippen LogP contribution in [0, 0.1) is 28.6 Å². The summed E-state index contributed by atoms with van der Waals surface area (Å²) in [5.74, 6) is 2.21. The molecular weight excluding hydrogens is 276 g/mol. The van der Waals surface area contributed by atoms with Crippen LogP contribution < -0.4 is 0 Å². The van der Waals surface area contributed by atoms with Crippen LogP contribution in [-0.4, -0.2) is 29.2 Å². The van der Waals surface area contributed by atoms with Gasteiger partial charge >= 0.3 is 0 Å². The van der Waals surface area contributed by atoms with Crippen LogP contribution in [-0.2, 0) is 9.53 Å². The van der Waals surface area contributed by atoms with Gasteiger partial charge in [-0.05, 0) is 67.8 Å². The molecule has 0 unspecified atom stereocenters. The lowest BCUT2D eigenvalue weighted by atomic mass is 9.47. The van der Waals surface area contributed by atoms with E-state index in [4.69, 9.17) is 4.74 Å². The summed E-state index contributed by atoms with van der Waals surface area (Å²) >= 11 is 0. The van der Waals surface area contributed by atoms with Crippen molar-refractivity contribution in [2.24, 2.45) is 28.6 Å². The smallest absolute Gasteiger partial charge is 0.187 e. The summed E-state index contributed by atoms with van der Waals surface area (Å²) in [5.41, 5.74) is 1.57. The number of epoxide rings is 1. The Labute approximate surface area is 132 Å². The molecule has 0 aromatic rings. The number of rotatable bonds is 0. The fraction of sp³-hybridized carbons (Fsp3) is 0.842. The van der Waals surface area contributed by atoms with E-state index in [1.165, 1.54) is 24.8 Å². The third-order valence-corrected chi connectivity index (χ3v) is 8.28. The highest BCUT2D eigenvalue weighted by atomic mass is 16.6. The van der Waals surface area contributed by atoms with Gasteiger partial charge in [0.1, 0.15) is 12.2 Å². The van der Waals surface area contributed by atoms with Gasteiger partial charge in [0.15, 0.2) is 5.78 Å². The van der Waals surface area contributed by atoms with E-state index in [9.17, 15) is 9.90 Å². The van der Waals surface area contributed by atoms with Gasteiger partial charge in [-0.25, -0.2) is 0 Å². The highest BCUT2D eigenvalue weighted by molar-refractivity contribution is 5.98. The highest BCUT2D eigenvalue weighted by Gasteiger charge is 2.67. The predicted octanol–water partition coefficient (Wildman–Crippen LogP) is 2.87. The third kappa shape index (κ3) is 1.43. The van der Waals surface area contributed by atoms with Crippen molar-refractivity contribution in [2.75, 3.05) is 0 Å². The summed E-state index contributed by atoms with van der Waals surface area (Å²) < 4.78 is 5.82. The molecule has 0 aromatic heterocycles. The molecule has 5 aliphatic rings. The molecule has 8 atom stereocenters. The number of hydrogen-bond donors (Lipinski definition) is 1. The van der Waals surface area contributed by atoms with Crippen LogP contribution in [0.5, 0.6) is 0 Å². The highest BCUT2D eigenvalue weighted by Crippen LogP contribution is 2.67. The fourth-order valence-electron chi connectivity index (χ4n) is 6.90. The Balaban J connectivity index is 1.54. The summed E-state index contributed by atoms with van der Waals surface area (Å²) in [6.07, 6.45) is 8.54. The zero-order chi connectivity index (χ0) is 15.3. The van der Waals surface area contributed by atoms with Crippen molar-refractivity contribution < 1.29 is 14.6 Å². The van der Waals surface area contributed by atoms with Crippen LogP contribution in [0.15, 0.2) is 11.6 Å². The van der Waals surface area contributed by atoms with E-state index < -0.39 is 0 Å². The number of ether oxygens (including phenoxy) is 1. The minimum absolute atomic E-state index is 0.0797. The number of ketones is 1. The van der Waals surface area contributed by atoms with E-state index in [0.29, 0.717) is 17.8 Å². The number of hydrogen-bond acceptors (Lipinski definition) is 3. The van der Waals surface area contributed by atoms with E-state index in [-0.39, 0.29) is 34.9 Å². The molecule has 120 valence electrons. The van der Waals surface area contributed by atoms with Gasteiger partial charge in [0.25, 0.3) is 0 Å². The second-order valence-electron chi connectivity index (χ2n) is 8.89. The molecule has 3 nitrogen and oxygen atoms in total. The molecule has 1 saturated heterocycles. The summed E-state index contributed by atoms with van der Waals surface area (Å²) in [7, 11) is 0. The van der Waals surface area contributed by atoms with Gasteiger partial charge in [-0.1, -0.05) is 19.4 Å². The van der Waals surface area contributed by atoms with Crippen molar-refractivity contribution in [2.45, 2.75) is 70.7 Å². The standard InChI is InChI=1S/C19H26O3/c1-18-8-7-13-11(12(18)5-6-15(18)21)4-3-10-9-14(20)16-17(22-16)19(10,13)2/h9,11-13,15-17,21H,3-8H2,1-2H3/t11-,12-,13-,15-,16-,17-,18-,19-/m0/s1. The van der Waals surface area contributed by atoms with Crippen LogP contribution in [0.2, 0.25) is 0 Å². The Morgan fingerprint density at radius 3 is 2.82 bits per heavy atom. The lowest BCUT2D eigenvalue weighted by Crippen LogP contribution is -2.53. The van der Waals surface area contributed by atoms with E-state index in [1.807, 2.05) is 6.08 Å². The maximum absolute atomic E-state index is 12.0. The minimum Gasteiger partial charge on any atom is -0.393 e. The van der Waals surface area contributed by atoms with Gasteiger partial charge in [0.05, 0.1) is 6.10 Å². The molecule has 22 heavy (non-hydrogen) atoms. The van der Waals surface area contributed by atoms with Crippen molar-refractivity contribution in [3.63, 3.8) is 0 Å². The quantitative estimate of drug-likeness (QED) is 0.700. The second-order valence-corrected chi connectivity index (χ2v) is 8.89. The Kier molecular flexibility index (Phi) is 2.53. The van der Waals surface area contributed by atoms with Gasteiger partial charge < -0.3 is 9.84 Å². The summed E-state index contributed by atoms with van der Waals surface area (Å²) in [5, 5.41) is 10.5. The topological polar surface area (TPSA) is 49.8 Å². The van der Waals surface area contributed by atoms with Crippen LogP contribution in [0.4, 0.5) is 0 Å². The normalized spacial score (nSPS) is 59.0. The predicted molar refractivity (Wildman–Crippen MR) is 82.1 cm³/mol. The Morgan fingerprint density at radius 1 is 1.18 bits per heavy atom. The van der Waals surface area contributed by atoms with Crippen molar-refractivity contribution in [3.05, 3.63) is 11.6 Å². The summed E-state index contributed by atoms with van der Waals surface area (Å²) in [6, 6.07) is 0. The number of fused-ring (bicyclic) bond motifs is 7. The molecule has 3 heteroatoms. The van der Waals surface area contributed by atoms with Gasteiger partial charge in [-0.15, -0.1) is 0 Å². The Morgan fingerprint density at radius 2 is 2.00 bits per heavy atom. The Bertz CT molecular complexity index is 581. The van der Waals surface area contributed by atoms with Crippen molar-refractivity contribution in [3.8, 4) is 0 Å². The first-order valence-electron chi connectivity index (χ1n) is 9.04. The van der Waals surface area contributed by atoms with Gasteiger partial charge in [0, 0.05) is 5.41 Å². The van der Waals surface area contributed by atoms with E-state index in [1.54, 1.807) is 0 Å². The van der Waals surface area contributed by atoms with E-state index in [2.05, 4.69) is 13.8 Å². The lowest BCUT2D eigenvalue weighted by molar-refractivity contribution is -0.116. The SMILES string of the molecule is C[C@]12CC[C@H]3[C@@H](CCC4=CC(=O)[C@@H]5O[C@@H]5[C@@]43C)[C@@H]1CC[C@@H]2O.